The molecule has 0 atom stereocenters. The van der Waals surface area contributed by atoms with Crippen LogP contribution in [0.25, 0.3) is 0 Å². The van der Waals surface area contributed by atoms with Gasteiger partial charge in [-0.3, -0.25) is 4.79 Å². The quantitative estimate of drug-likeness (QED) is 0.751. The number of hydrogen-bond donors (Lipinski definition) is 1. The molecule has 1 aromatic rings. The number of anilines is 1. The maximum Gasteiger partial charge on any atom is 0.256 e. The third kappa shape index (κ3) is 1.38. The fourth-order valence-corrected chi connectivity index (χ4v) is 2.87. The van der Waals surface area contributed by atoms with E-state index < -0.39 is 0 Å². The molecule has 3 rings (SSSR count). The lowest BCUT2D eigenvalue weighted by atomic mass is 9.85. The minimum Gasteiger partial charge on any atom is -0.398 e. The summed E-state index contributed by atoms with van der Waals surface area (Å²) < 4.78 is 0. The summed E-state index contributed by atoms with van der Waals surface area (Å²) in [5.41, 5.74) is 8.77. The van der Waals surface area contributed by atoms with Crippen molar-refractivity contribution in [3.05, 3.63) is 29.3 Å². The first-order valence-electron chi connectivity index (χ1n) is 6.25. The number of amides is 1. The molecule has 2 aliphatic rings. The summed E-state index contributed by atoms with van der Waals surface area (Å²) in [4.78, 5) is 14.4. The molecule has 0 bridgehead atoms. The van der Waals surface area contributed by atoms with E-state index in [-0.39, 0.29) is 17.4 Å². The van der Waals surface area contributed by atoms with Crippen LogP contribution in [0.15, 0.2) is 18.2 Å². The fraction of sp³-hybridized carbons (Fsp3) is 0.500. The van der Waals surface area contributed by atoms with Crippen LogP contribution in [0.3, 0.4) is 0 Å². The van der Waals surface area contributed by atoms with E-state index in [1.807, 2.05) is 17.0 Å². The van der Waals surface area contributed by atoms with E-state index in [9.17, 15) is 4.79 Å². The first kappa shape index (κ1) is 10.6. The molecule has 1 saturated carbocycles. The molecule has 0 radical (unpaired) electrons. The molecule has 0 aromatic heterocycles. The Labute approximate surface area is 102 Å². The lowest BCUT2D eigenvalue weighted by Gasteiger charge is -2.37. The Bertz CT molecular complexity index is 489. The molecule has 1 amide bonds. The summed E-state index contributed by atoms with van der Waals surface area (Å²) in [6.45, 7) is 5.00. The van der Waals surface area contributed by atoms with Gasteiger partial charge < -0.3 is 10.6 Å². The van der Waals surface area contributed by atoms with Gasteiger partial charge in [-0.05, 0) is 38.3 Å². The Kier molecular flexibility index (Phi) is 2.03. The molecule has 3 heteroatoms. The predicted molar refractivity (Wildman–Crippen MR) is 67.9 cm³/mol. The van der Waals surface area contributed by atoms with Crippen LogP contribution in [0.4, 0.5) is 5.69 Å². The molecule has 1 heterocycles. The molecule has 1 aromatic carbocycles. The van der Waals surface area contributed by atoms with Crippen LogP contribution < -0.4 is 5.73 Å². The van der Waals surface area contributed by atoms with E-state index in [0.717, 1.165) is 12.1 Å². The Morgan fingerprint density at radius 2 is 2.06 bits per heavy atom. The van der Waals surface area contributed by atoms with Gasteiger partial charge in [0, 0.05) is 23.7 Å². The second-order valence-corrected chi connectivity index (χ2v) is 5.58. The van der Waals surface area contributed by atoms with Crippen molar-refractivity contribution in [1.29, 1.82) is 0 Å². The van der Waals surface area contributed by atoms with Gasteiger partial charge in [0.1, 0.15) is 0 Å². The molecular formula is C14H18N2O. The largest absolute Gasteiger partial charge is 0.398 e. The molecule has 2 N–H and O–H groups in total. The number of benzene rings is 1. The Morgan fingerprint density at radius 3 is 2.65 bits per heavy atom. The van der Waals surface area contributed by atoms with Crippen LogP contribution in [0.2, 0.25) is 0 Å². The number of rotatable bonds is 1. The summed E-state index contributed by atoms with van der Waals surface area (Å²) in [5.74, 6) is 0.102. The lowest BCUT2D eigenvalue weighted by molar-refractivity contribution is 0.0658. The van der Waals surface area contributed by atoms with Crippen molar-refractivity contribution in [3.63, 3.8) is 0 Å². The van der Waals surface area contributed by atoms with Gasteiger partial charge in [0.2, 0.25) is 0 Å². The number of carbonyl (C=O) groups excluding carboxylic acids is 1. The van der Waals surface area contributed by atoms with Gasteiger partial charge in [0.25, 0.3) is 5.91 Å². The monoisotopic (exact) mass is 230 g/mol. The van der Waals surface area contributed by atoms with Crippen molar-refractivity contribution in [2.75, 3.05) is 12.3 Å². The molecule has 0 unspecified atom stereocenters. The van der Waals surface area contributed by atoms with Gasteiger partial charge in [-0.2, -0.15) is 0 Å². The Morgan fingerprint density at radius 1 is 1.35 bits per heavy atom. The molecule has 17 heavy (non-hydrogen) atoms. The van der Waals surface area contributed by atoms with Crippen LogP contribution >= 0.6 is 0 Å². The molecule has 0 saturated heterocycles. The number of nitrogens with zero attached hydrogens (tertiary/aromatic N) is 1. The number of nitrogen functional groups attached to an aromatic ring is 1. The topological polar surface area (TPSA) is 46.3 Å². The third-order valence-corrected chi connectivity index (χ3v) is 4.09. The average molecular weight is 230 g/mol. The van der Waals surface area contributed by atoms with E-state index in [4.69, 9.17) is 5.73 Å². The molecule has 1 aliphatic heterocycles. The highest BCUT2D eigenvalue weighted by Crippen LogP contribution is 2.53. The van der Waals surface area contributed by atoms with Crippen molar-refractivity contribution in [3.8, 4) is 0 Å². The molecule has 1 aliphatic carbocycles. The Hall–Kier alpha value is -1.51. The van der Waals surface area contributed by atoms with Crippen LogP contribution in [0.5, 0.6) is 0 Å². The lowest BCUT2D eigenvalue weighted by Crippen LogP contribution is -2.47. The summed E-state index contributed by atoms with van der Waals surface area (Å²) in [7, 11) is 0. The van der Waals surface area contributed by atoms with Gasteiger partial charge in [-0.25, -0.2) is 0 Å². The number of hydrogen-bond acceptors (Lipinski definition) is 2. The van der Waals surface area contributed by atoms with Crippen LogP contribution in [0, 0.1) is 0 Å². The smallest absolute Gasteiger partial charge is 0.256 e. The zero-order valence-corrected chi connectivity index (χ0v) is 10.4. The predicted octanol–water partition coefficient (Wildman–Crippen LogP) is 2.16. The highest BCUT2D eigenvalue weighted by molar-refractivity contribution is 6.02. The molecule has 1 spiro atoms. The highest BCUT2D eigenvalue weighted by atomic mass is 16.2. The van der Waals surface area contributed by atoms with Crippen molar-refractivity contribution in [2.24, 2.45) is 0 Å². The van der Waals surface area contributed by atoms with E-state index in [0.29, 0.717) is 5.69 Å². The molecule has 3 nitrogen and oxygen atoms in total. The van der Waals surface area contributed by atoms with Crippen LogP contribution in [0.1, 0.15) is 42.6 Å². The van der Waals surface area contributed by atoms with Crippen molar-refractivity contribution < 1.29 is 4.79 Å². The van der Waals surface area contributed by atoms with Crippen molar-refractivity contribution in [2.45, 2.75) is 38.1 Å². The summed E-state index contributed by atoms with van der Waals surface area (Å²) in [6, 6.07) is 6.12. The van der Waals surface area contributed by atoms with Crippen molar-refractivity contribution >= 4 is 11.6 Å². The summed E-state index contributed by atoms with van der Waals surface area (Å²) >= 11 is 0. The highest BCUT2D eigenvalue weighted by Gasteiger charge is 2.52. The maximum absolute atomic E-state index is 12.4. The first-order chi connectivity index (χ1) is 8.05. The van der Waals surface area contributed by atoms with E-state index in [1.165, 1.54) is 18.4 Å². The Balaban J connectivity index is 2.17. The zero-order chi connectivity index (χ0) is 12.2. The zero-order valence-electron chi connectivity index (χ0n) is 10.4. The standard InChI is InChI=1S/C14H18N2O/c1-9(2)16-8-14(6-7-14)10-4-3-5-11(15)12(10)13(16)17/h3-5,9H,6-8,15H2,1-2H3. The maximum atomic E-state index is 12.4. The molecule has 90 valence electrons. The minimum atomic E-state index is 0.102. The second-order valence-electron chi connectivity index (χ2n) is 5.58. The normalized spacial score (nSPS) is 20.9. The first-order valence-corrected chi connectivity index (χ1v) is 6.25. The SMILES string of the molecule is CC(C)N1CC2(CC2)c2cccc(N)c2C1=O. The van der Waals surface area contributed by atoms with Gasteiger partial charge in [0.15, 0.2) is 0 Å². The van der Waals surface area contributed by atoms with Gasteiger partial charge in [0.05, 0.1) is 5.56 Å². The average Bonchev–Trinajstić information content (AvgIpc) is 3.04. The van der Waals surface area contributed by atoms with Crippen LogP contribution in [-0.2, 0) is 5.41 Å². The fourth-order valence-electron chi connectivity index (χ4n) is 2.87. The summed E-state index contributed by atoms with van der Waals surface area (Å²) in [5, 5.41) is 0. The summed E-state index contributed by atoms with van der Waals surface area (Å²) in [6.07, 6.45) is 2.36. The van der Waals surface area contributed by atoms with E-state index in [1.54, 1.807) is 0 Å². The third-order valence-electron chi connectivity index (χ3n) is 4.09. The number of nitrogens with two attached hydrogens (primary N) is 1. The number of fused-ring (bicyclic) bond motifs is 2. The van der Waals surface area contributed by atoms with E-state index in [2.05, 4.69) is 19.9 Å². The molecule has 1 fully saturated rings. The van der Waals surface area contributed by atoms with Gasteiger partial charge in [-0.1, -0.05) is 12.1 Å². The van der Waals surface area contributed by atoms with Gasteiger partial charge >= 0.3 is 0 Å². The second kappa shape index (κ2) is 3.25. The molecular weight excluding hydrogens is 212 g/mol. The van der Waals surface area contributed by atoms with E-state index >= 15 is 0 Å². The number of carbonyl (C=O) groups is 1. The van der Waals surface area contributed by atoms with Crippen LogP contribution in [-0.4, -0.2) is 23.4 Å². The minimum absolute atomic E-state index is 0.102. The van der Waals surface area contributed by atoms with Crippen molar-refractivity contribution in [1.82, 2.24) is 4.90 Å². The van der Waals surface area contributed by atoms with Gasteiger partial charge in [-0.15, -0.1) is 0 Å².